The van der Waals surface area contributed by atoms with E-state index < -0.39 is 0 Å². The Morgan fingerprint density at radius 2 is 1.40 bits per heavy atom. The Balaban J connectivity index is 2.11. The maximum Gasteiger partial charge on any atom is 0.232 e. The molecule has 3 aromatic rings. The Labute approximate surface area is 121 Å². The minimum absolute atomic E-state index is 0.685. The molecule has 1 heterocycles. The van der Waals surface area contributed by atoms with Crippen LogP contribution in [0.3, 0.4) is 0 Å². The highest BCUT2D eigenvalue weighted by molar-refractivity contribution is 7.14. The van der Waals surface area contributed by atoms with E-state index in [0.29, 0.717) is 5.13 Å². The Morgan fingerprint density at radius 3 is 1.85 bits per heavy atom. The summed E-state index contributed by atoms with van der Waals surface area (Å²) in [4.78, 5) is 4.68. The van der Waals surface area contributed by atoms with Crippen molar-refractivity contribution >= 4 is 22.2 Å². The summed E-state index contributed by atoms with van der Waals surface area (Å²) >= 11 is 1.50. The summed E-state index contributed by atoms with van der Waals surface area (Å²) in [5.74, 6) is 0. The highest BCUT2D eigenvalue weighted by atomic mass is 32.1. The molecule has 0 radical (unpaired) electrons. The fourth-order valence-electron chi connectivity index (χ4n) is 1.91. The van der Waals surface area contributed by atoms with Gasteiger partial charge in [-0.2, -0.15) is 0 Å². The van der Waals surface area contributed by atoms with Crippen molar-refractivity contribution in [1.29, 1.82) is 0 Å². The molecule has 0 aliphatic heterocycles. The summed E-state index contributed by atoms with van der Waals surface area (Å²) in [6, 6.07) is 20.3. The average molecular weight is 279 g/mol. The van der Waals surface area contributed by atoms with Crippen molar-refractivity contribution in [2.75, 3.05) is 0 Å². The van der Waals surface area contributed by atoms with Crippen LogP contribution in [-0.4, -0.2) is 15.9 Å². The van der Waals surface area contributed by atoms with Crippen molar-refractivity contribution in [2.45, 2.75) is 6.92 Å². The number of aryl methyl sites for hydroxylation is 1. The zero-order valence-corrected chi connectivity index (χ0v) is 11.8. The third-order valence-electron chi connectivity index (χ3n) is 2.82. The van der Waals surface area contributed by atoms with Gasteiger partial charge in [0.1, 0.15) is 5.01 Å². The molecule has 3 rings (SSSR count). The van der Waals surface area contributed by atoms with E-state index in [0.717, 1.165) is 21.8 Å². The van der Waals surface area contributed by atoms with Crippen LogP contribution in [0.1, 0.15) is 16.1 Å². The lowest BCUT2D eigenvalue weighted by Gasteiger charge is -2.05. The van der Waals surface area contributed by atoms with Crippen molar-refractivity contribution in [1.82, 2.24) is 10.2 Å². The fraction of sp³-hybridized carbons (Fsp3) is 0.0625. The largest absolute Gasteiger partial charge is 0.232 e. The second-order valence-corrected chi connectivity index (χ2v) is 5.46. The van der Waals surface area contributed by atoms with Crippen LogP contribution >= 0.6 is 11.3 Å². The van der Waals surface area contributed by atoms with Gasteiger partial charge in [-0.25, -0.2) is 4.99 Å². The summed E-state index contributed by atoms with van der Waals surface area (Å²) in [5.41, 5.74) is 3.07. The first-order valence-electron chi connectivity index (χ1n) is 6.32. The van der Waals surface area contributed by atoms with E-state index in [1.807, 2.05) is 43.3 Å². The number of hydrogen-bond acceptors (Lipinski definition) is 4. The maximum absolute atomic E-state index is 4.68. The fourth-order valence-corrected chi connectivity index (χ4v) is 2.48. The van der Waals surface area contributed by atoms with Gasteiger partial charge in [-0.3, -0.25) is 0 Å². The molecule has 98 valence electrons. The monoisotopic (exact) mass is 279 g/mol. The van der Waals surface area contributed by atoms with Gasteiger partial charge in [-0.1, -0.05) is 72.0 Å². The summed E-state index contributed by atoms with van der Waals surface area (Å²) in [6.07, 6.45) is 0. The molecule has 0 saturated heterocycles. The Morgan fingerprint density at radius 1 is 0.850 bits per heavy atom. The quantitative estimate of drug-likeness (QED) is 0.679. The van der Waals surface area contributed by atoms with Crippen LogP contribution in [0.15, 0.2) is 65.7 Å². The van der Waals surface area contributed by atoms with Crippen LogP contribution in [0.25, 0.3) is 0 Å². The average Bonchev–Trinajstić information content (AvgIpc) is 2.92. The molecular formula is C16H13N3S. The standard InChI is InChI=1S/C16H13N3S/c1-12-18-19-16(20-12)17-15(13-8-4-2-5-9-13)14-10-6-3-7-11-14/h2-11H,1H3. The number of hydrogen-bond donors (Lipinski definition) is 0. The van der Waals surface area contributed by atoms with Gasteiger partial charge < -0.3 is 0 Å². The van der Waals surface area contributed by atoms with Crippen LogP contribution in [0.5, 0.6) is 0 Å². The van der Waals surface area contributed by atoms with E-state index >= 15 is 0 Å². The predicted octanol–water partition coefficient (Wildman–Crippen LogP) is 4.02. The number of rotatable bonds is 3. The molecule has 0 N–H and O–H groups in total. The molecule has 2 aromatic carbocycles. The van der Waals surface area contributed by atoms with Crippen molar-refractivity contribution in [3.05, 3.63) is 76.8 Å². The Bertz CT molecular complexity index is 676. The first-order valence-corrected chi connectivity index (χ1v) is 7.14. The molecule has 0 amide bonds. The van der Waals surface area contributed by atoms with Crippen LogP contribution in [0, 0.1) is 6.92 Å². The smallest absolute Gasteiger partial charge is 0.217 e. The summed E-state index contributed by atoms with van der Waals surface area (Å²) < 4.78 is 0. The van der Waals surface area contributed by atoms with E-state index in [-0.39, 0.29) is 0 Å². The van der Waals surface area contributed by atoms with Crippen LogP contribution < -0.4 is 0 Å². The molecule has 0 fully saturated rings. The first kappa shape index (κ1) is 12.7. The lowest BCUT2D eigenvalue weighted by atomic mass is 10.0. The van der Waals surface area contributed by atoms with Gasteiger partial charge in [-0.15, -0.1) is 10.2 Å². The highest BCUT2D eigenvalue weighted by Crippen LogP contribution is 2.21. The number of nitrogens with zero attached hydrogens (tertiary/aromatic N) is 3. The van der Waals surface area contributed by atoms with Crippen LogP contribution in [0.4, 0.5) is 5.13 Å². The van der Waals surface area contributed by atoms with Gasteiger partial charge >= 0.3 is 0 Å². The molecule has 0 spiro atoms. The molecule has 4 heteroatoms. The van der Waals surface area contributed by atoms with Crippen LogP contribution in [0.2, 0.25) is 0 Å². The molecular weight excluding hydrogens is 266 g/mol. The third-order valence-corrected chi connectivity index (χ3v) is 3.55. The molecule has 0 aliphatic carbocycles. The van der Waals surface area contributed by atoms with Gasteiger partial charge in [0.05, 0.1) is 5.71 Å². The zero-order valence-electron chi connectivity index (χ0n) is 11.0. The van der Waals surface area contributed by atoms with E-state index in [4.69, 9.17) is 0 Å². The summed E-state index contributed by atoms with van der Waals surface area (Å²) in [5, 5.41) is 9.71. The molecule has 1 aromatic heterocycles. The minimum atomic E-state index is 0.685. The topological polar surface area (TPSA) is 38.1 Å². The molecule has 20 heavy (non-hydrogen) atoms. The maximum atomic E-state index is 4.68. The third kappa shape index (κ3) is 2.81. The van der Waals surface area contributed by atoms with Gasteiger partial charge in [0.15, 0.2) is 0 Å². The number of aromatic nitrogens is 2. The van der Waals surface area contributed by atoms with Crippen molar-refractivity contribution in [3.63, 3.8) is 0 Å². The molecule has 0 bridgehead atoms. The molecule has 0 atom stereocenters. The van der Waals surface area contributed by atoms with E-state index in [1.54, 1.807) is 0 Å². The number of benzene rings is 2. The summed E-state index contributed by atoms with van der Waals surface area (Å²) in [6.45, 7) is 1.93. The van der Waals surface area contributed by atoms with E-state index in [9.17, 15) is 0 Å². The molecule has 3 nitrogen and oxygen atoms in total. The van der Waals surface area contributed by atoms with E-state index in [2.05, 4.69) is 39.5 Å². The van der Waals surface area contributed by atoms with Crippen LogP contribution in [-0.2, 0) is 0 Å². The van der Waals surface area contributed by atoms with Crippen molar-refractivity contribution in [3.8, 4) is 0 Å². The molecule has 0 aliphatic rings. The van der Waals surface area contributed by atoms with E-state index in [1.165, 1.54) is 11.3 Å². The van der Waals surface area contributed by atoms with Gasteiger partial charge in [0.2, 0.25) is 5.13 Å². The van der Waals surface area contributed by atoms with Gasteiger partial charge in [-0.05, 0) is 6.92 Å². The second kappa shape index (κ2) is 5.75. The Hall–Kier alpha value is -2.33. The normalized spacial score (nSPS) is 10.2. The Kier molecular flexibility index (Phi) is 3.65. The minimum Gasteiger partial charge on any atom is -0.217 e. The lowest BCUT2D eigenvalue weighted by molar-refractivity contribution is 1.04. The zero-order chi connectivity index (χ0) is 13.8. The number of aliphatic imine (C=N–C) groups is 1. The van der Waals surface area contributed by atoms with Crippen molar-refractivity contribution < 1.29 is 0 Å². The lowest BCUT2D eigenvalue weighted by Crippen LogP contribution is -2.02. The highest BCUT2D eigenvalue weighted by Gasteiger charge is 2.08. The predicted molar refractivity (Wildman–Crippen MR) is 82.8 cm³/mol. The van der Waals surface area contributed by atoms with Crippen molar-refractivity contribution in [2.24, 2.45) is 4.99 Å². The summed E-state index contributed by atoms with van der Waals surface area (Å²) in [7, 11) is 0. The molecule has 0 unspecified atom stereocenters. The second-order valence-electron chi connectivity index (χ2n) is 4.30. The van der Waals surface area contributed by atoms with Gasteiger partial charge in [0, 0.05) is 11.1 Å². The SMILES string of the molecule is Cc1nnc(N=C(c2ccccc2)c2ccccc2)s1. The first-order chi connectivity index (χ1) is 9.83. The molecule has 0 saturated carbocycles. The van der Waals surface area contributed by atoms with Gasteiger partial charge in [0.25, 0.3) is 0 Å².